The second-order valence-electron chi connectivity index (χ2n) is 6.91. The molecule has 3 heteroatoms. The second-order valence-corrected chi connectivity index (χ2v) is 6.91. The number of hydrogen-bond acceptors (Lipinski definition) is 2. The van der Waals surface area contributed by atoms with Crippen molar-refractivity contribution >= 4 is 5.91 Å². The number of carbonyl (C=O) groups is 1. The molecule has 0 heterocycles. The zero-order chi connectivity index (χ0) is 15.3. The monoisotopic (exact) mass is 288 g/mol. The summed E-state index contributed by atoms with van der Waals surface area (Å²) in [4.78, 5) is 12.2. The Hall–Kier alpha value is -1.35. The van der Waals surface area contributed by atoms with Crippen molar-refractivity contribution in [1.82, 2.24) is 5.32 Å². The van der Waals surface area contributed by atoms with E-state index in [0.717, 1.165) is 12.0 Å². The molecule has 1 saturated carbocycles. The Morgan fingerprint density at radius 2 is 2.05 bits per heavy atom. The first-order valence-corrected chi connectivity index (χ1v) is 8.09. The van der Waals surface area contributed by atoms with Gasteiger partial charge in [0.05, 0.1) is 0 Å². The maximum absolute atomic E-state index is 12.2. The first-order valence-electron chi connectivity index (χ1n) is 8.09. The van der Waals surface area contributed by atoms with Crippen molar-refractivity contribution in [1.29, 1.82) is 0 Å². The van der Waals surface area contributed by atoms with Crippen LogP contribution in [0, 0.1) is 5.41 Å². The van der Waals surface area contributed by atoms with E-state index < -0.39 is 0 Å². The minimum atomic E-state index is -0.0590. The Labute approximate surface area is 128 Å². The topological polar surface area (TPSA) is 55.1 Å². The molecule has 2 rings (SSSR count). The summed E-state index contributed by atoms with van der Waals surface area (Å²) in [7, 11) is 0. The van der Waals surface area contributed by atoms with E-state index in [4.69, 9.17) is 5.73 Å². The first kappa shape index (κ1) is 16.0. The van der Waals surface area contributed by atoms with Crippen LogP contribution in [0.4, 0.5) is 0 Å². The lowest BCUT2D eigenvalue weighted by atomic mass is 9.73. The molecule has 0 bridgehead atoms. The van der Waals surface area contributed by atoms with Crippen LogP contribution in [0.25, 0.3) is 0 Å². The normalized spacial score (nSPS) is 22.5. The van der Waals surface area contributed by atoms with E-state index >= 15 is 0 Å². The molecule has 1 amide bonds. The van der Waals surface area contributed by atoms with Gasteiger partial charge in [-0.25, -0.2) is 0 Å². The van der Waals surface area contributed by atoms with Gasteiger partial charge in [-0.1, -0.05) is 57.0 Å². The predicted molar refractivity (Wildman–Crippen MR) is 86.8 cm³/mol. The maximum Gasteiger partial charge on any atom is 0.220 e. The molecule has 0 radical (unpaired) electrons. The molecule has 1 aromatic rings. The molecule has 3 N–H and O–H groups in total. The number of amides is 1. The standard InChI is InChI=1S/C18H28N2O/c1-18(2)13-7-6-10-16(18)20-17(21)12-11-15(19)14-8-4-3-5-9-14/h3-5,8-9,15-16H,6-7,10-13,19H2,1-2H3,(H,20,21). The Kier molecular flexibility index (Phi) is 5.40. The zero-order valence-corrected chi connectivity index (χ0v) is 13.3. The molecule has 1 aliphatic rings. The zero-order valence-electron chi connectivity index (χ0n) is 13.3. The third kappa shape index (κ3) is 4.57. The molecule has 1 aliphatic carbocycles. The van der Waals surface area contributed by atoms with Crippen molar-refractivity contribution in [3.63, 3.8) is 0 Å². The van der Waals surface area contributed by atoms with Crippen LogP contribution in [-0.2, 0) is 4.79 Å². The molecule has 2 unspecified atom stereocenters. The highest BCUT2D eigenvalue weighted by Crippen LogP contribution is 2.35. The summed E-state index contributed by atoms with van der Waals surface area (Å²) < 4.78 is 0. The van der Waals surface area contributed by atoms with Crippen LogP contribution < -0.4 is 11.1 Å². The second kappa shape index (κ2) is 7.08. The van der Waals surface area contributed by atoms with E-state index in [2.05, 4.69) is 19.2 Å². The van der Waals surface area contributed by atoms with E-state index in [0.29, 0.717) is 18.9 Å². The Morgan fingerprint density at radius 3 is 2.71 bits per heavy atom. The van der Waals surface area contributed by atoms with Gasteiger partial charge < -0.3 is 11.1 Å². The highest BCUT2D eigenvalue weighted by Gasteiger charge is 2.32. The summed E-state index contributed by atoms with van der Waals surface area (Å²) in [5.74, 6) is 0.140. The fourth-order valence-electron chi connectivity index (χ4n) is 3.18. The first-order chi connectivity index (χ1) is 9.99. The minimum absolute atomic E-state index is 0.0590. The van der Waals surface area contributed by atoms with Crippen LogP contribution >= 0.6 is 0 Å². The number of carbonyl (C=O) groups excluding carboxylic acids is 1. The number of nitrogens with one attached hydrogen (secondary N) is 1. The molecule has 21 heavy (non-hydrogen) atoms. The van der Waals surface area contributed by atoms with Crippen LogP contribution in [0.5, 0.6) is 0 Å². The third-order valence-electron chi connectivity index (χ3n) is 4.75. The summed E-state index contributed by atoms with van der Waals surface area (Å²) in [5, 5.41) is 3.22. The van der Waals surface area contributed by atoms with Crippen molar-refractivity contribution < 1.29 is 4.79 Å². The Morgan fingerprint density at radius 1 is 1.33 bits per heavy atom. The van der Waals surface area contributed by atoms with Crippen LogP contribution in [-0.4, -0.2) is 11.9 Å². The third-order valence-corrected chi connectivity index (χ3v) is 4.75. The number of benzene rings is 1. The molecule has 0 aliphatic heterocycles. The van der Waals surface area contributed by atoms with Crippen LogP contribution in [0.1, 0.15) is 64.0 Å². The van der Waals surface area contributed by atoms with Gasteiger partial charge in [0.25, 0.3) is 0 Å². The van der Waals surface area contributed by atoms with Crippen LogP contribution in [0.2, 0.25) is 0 Å². The van der Waals surface area contributed by atoms with Gasteiger partial charge in [-0.15, -0.1) is 0 Å². The van der Waals surface area contributed by atoms with Gasteiger partial charge in [0.15, 0.2) is 0 Å². The lowest BCUT2D eigenvalue weighted by Crippen LogP contribution is -2.46. The fourth-order valence-corrected chi connectivity index (χ4v) is 3.18. The van der Waals surface area contributed by atoms with Crippen molar-refractivity contribution in [2.45, 2.75) is 64.5 Å². The average molecular weight is 288 g/mol. The van der Waals surface area contributed by atoms with Crippen molar-refractivity contribution in [3.05, 3.63) is 35.9 Å². The molecule has 0 aromatic heterocycles. The van der Waals surface area contributed by atoms with Crippen molar-refractivity contribution in [3.8, 4) is 0 Å². The predicted octanol–water partition coefficient (Wildman–Crippen LogP) is 3.55. The van der Waals surface area contributed by atoms with Crippen LogP contribution in [0.15, 0.2) is 30.3 Å². The number of nitrogens with two attached hydrogens (primary N) is 1. The van der Waals surface area contributed by atoms with Crippen LogP contribution in [0.3, 0.4) is 0 Å². The van der Waals surface area contributed by atoms with Gasteiger partial charge in [-0.2, -0.15) is 0 Å². The SMILES string of the molecule is CC1(C)CCCCC1NC(=O)CCC(N)c1ccccc1. The van der Waals surface area contributed by atoms with Gasteiger partial charge in [0, 0.05) is 18.5 Å². The Balaban J connectivity index is 1.79. The summed E-state index contributed by atoms with van der Waals surface area (Å²) in [6, 6.07) is 10.2. The number of hydrogen-bond donors (Lipinski definition) is 2. The number of rotatable bonds is 5. The van der Waals surface area contributed by atoms with E-state index in [1.807, 2.05) is 30.3 Å². The van der Waals surface area contributed by atoms with Gasteiger partial charge >= 0.3 is 0 Å². The average Bonchev–Trinajstić information content (AvgIpc) is 2.48. The molecular weight excluding hydrogens is 260 g/mol. The summed E-state index contributed by atoms with van der Waals surface area (Å²) in [5.41, 5.74) is 7.47. The highest BCUT2D eigenvalue weighted by atomic mass is 16.1. The van der Waals surface area contributed by atoms with Gasteiger partial charge in [-0.05, 0) is 30.2 Å². The summed E-state index contributed by atoms with van der Waals surface area (Å²) >= 11 is 0. The minimum Gasteiger partial charge on any atom is -0.353 e. The summed E-state index contributed by atoms with van der Waals surface area (Å²) in [6.45, 7) is 4.51. The smallest absolute Gasteiger partial charge is 0.220 e. The van der Waals surface area contributed by atoms with E-state index in [9.17, 15) is 4.79 Å². The lowest BCUT2D eigenvalue weighted by Gasteiger charge is -2.39. The van der Waals surface area contributed by atoms with Crippen molar-refractivity contribution in [2.75, 3.05) is 0 Å². The van der Waals surface area contributed by atoms with Gasteiger partial charge in [-0.3, -0.25) is 4.79 Å². The molecular formula is C18H28N2O. The molecule has 0 spiro atoms. The van der Waals surface area contributed by atoms with Crippen molar-refractivity contribution in [2.24, 2.45) is 11.1 Å². The van der Waals surface area contributed by atoms with E-state index in [1.165, 1.54) is 19.3 Å². The lowest BCUT2D eigenvalue weighted by molar-refractivity contribution is -0.123. The highest BCUT2D eigenvalue weighted by molar-refractivity contribution is 5.76. The van der Waals surface area contributed by atoms with E-state index in [-0.39, 0.29) is 17.4 Å². The largest absolute Gasteiger partial charge is 0.353 e. The maximum atomic E-state index is 12.2. The molecule has 2 atom stereocenters. The van der Waals surface area contributed by atoms with E-state index in [1.54, 1.807) is 0 Å². The molecule has 116 valence electrons. The Bertz CT molecular complexity index is 456. The molecule has 0 saturated heterocycles. The van der Waals surface area contributed by atoms with Gasteiger partial charge in [0.1, 0.15) is 0 Å². The quantitative estimate of drug-likeness (QED) is 0.870. The summed E-state index contributed by atoms with van der Waals surface area (Å²) in [6.07, 6.45) is 5.99. The molecule has 3 nitrogen and oxygen atoms in total. The molecule has 1 fully saturated rings. The van der Waals surface area contributed by atoms with Gasteiger partial charge in [0.2, 0.25) is 5.91 Å². The molecule has 1 aromatic carbocycles. The fraction of sp³-hybridized carbons (Fsp3) is 0.611.